The maximum Gasteiger partial charge on any atom is 0.305 e. The minimum Gasteiger partial charge on any atom is -0.466 e. The number of carbonyl (C=O) groups excluding carboxylic acids is 2. The zero-order chi connectivity index (χ0) is 69.1. The van der Waals surface area contributed by atoms with E-state index in [2.05, 4.69) is 31.3 Å². The van der Waals surface area contributed by atoms with Crippen molar-refractivity contribution in [3.63, 3.8) is 0 Å². The summed E-state index contributed by atoms with van der Waals surface area (Å²) >= 11 is 0. The lowest BCUT2D eigenvalue weighted by Crippen LogP contribution is -2.45. The van der Waals surface area contributed by atoms with Crippen LogP contribution < -0.4 is 5.32 Å². The molecule has 0 aliphatic rings. The number of unbranched alkanes of at least 4 members (excludes halogenated alkanes) is 73. The lowest BCUT2D eigenvalue weighted by molar-refractivity contribution is -0.143. The van der Waals surface area contributed by atoms with Gasteiger partial charge in [-0.05, 0) is 51.4 Å². The third kappa shape index (κ3) is 81.6. The Morgan fingerprint density at radius 1 is 0.281 bits per heavy atom. The molecule has 0 saturated heterocycles. The summed E-state index contributed by atoms with van der Waals surface area (Å²) in [4.78, 5) is 24.7. The van der Waals surface area contributed by atoms with E-state index in [-0.39, 0.29) is 18.5 Å². The molecule has 0 fully saturated rings. The summed E-state index contributed by atoms with van der Waals surface area (Å²) in [5.41, 5.74) is 0. The molecule has 0 spiro atoms. The van der Waals surface area contributed by atoms with Gasteiger partial charge in [-0.25, -0.2) is 0 Å². The first-order chi connectivity index (χ1) is 47.5. The summed E-state index contributed by atoms with van der Waals surface area (Å²) in [5, 5.41) is 23.5. The molecule has 1 amide bonds. The third-order valence-corrected chi connectivity index (χ3v) is 21.6. The molecule has 6 nitrogen and oxygen atoms in total. The molecule has 3 N–H and O–H groups in total. The average molecular weight is 1350 g/mol. The zero-order valence-electron chi connectivity index (χ0n) is 65.9. The molecule has 0 aliphatic carbocycles. The van der Waals surface area contributed by atoms with E-state index >= 15 is 0 Å². The van der Waals surface area contributed by atoms with Crippen LogP contribution in [-0.2, 0) is 14.3 Å². The largest absolute Gasteiger partial charge is 0.466 e. The monoisotopic (exact) mass is 1350 g/mol. The van der Waals surface area contributed by atoms with E-state index < -0.39 is 12.1 Å². The molecule has 0 aromatic carbocycles. The predicted octanol–water partition coefficient (Wildman–Crippen LogP) is 30.2. The third-order valence-electron chi connectivity index (χ3n) is 21.6. The Balaban J connectivity index is 3.30. The highest BCUT2D eigenvalue weighted by molar-refractivity contribution is 5.76. The van der Waals surface area contributed by atoms with Crippen molar-refractivity contribution in [2.45, 2.75) is 540 Å². The summed E-state index contributed by atoms with van der Waals surface area (Å²) in [5.74, 6) is -0.00431. The van der Waals surface area contributed by atoms with Crippen LogP contribution in [0.25, 0.3) is 0 Å². The van der Waals surface area contributed by atoms with Crippen LogP contribution >= 0.6 is 0 Å². The van der Waals surface area contributed by atoms with E-state index in [9.17, 15) is 19.8 Å². The Kier molecular flexibility index (Phi) is 84.8. The highest BCUT2D eigenvalue weighted by atomic mass is 16.5. The van der Waals surface area contributed by atoms with Crippen molar-refractivity contribution in [2.75, 3.05) is 13.2 Å². The Labute approximate surface area is 603 Å². The van der Waals surface area contributed by atoms with Crippen LogP contribution in [0.2, 0.25) is 0 Å². The number of carbonyl (C=O) groups is 2. The molecule has 0 rings (SSSR count). The first-order valence-electron chi connectivity index (χ1n) is 44.9. The fraction of sp³-hybridized carbons (Fsp3) is 0.956. The number of rotatable bonds is 86. The molecule has 0 bridgehead atoms. The lowest BCUT2D eigenvalue weighted by atomic mass is 10.0. The molecule has 0 aliphatic heterocycles. The van der Waals surface area contributed by atoms with Gasteiger partial charge < -0.3 is 20.3 Å². The van der Waals surface area contributed by atoms with Crippen LogP contribution in [0.3, 0.4) is 0 Å². The molecule has 0 heterocycles. The van der Waals surface area contributed by atoms with Crippen molar-refractivity contribution in [3.05, 3.63) is 12.2 Å². The van der Waals surface area contributed by atoms with E-state index in [4.69, 9.17) is 4.74 Å². The first kappa shape index (κ1) is 94.6. The number of aliphatic hydroxyl groups is 2. The van der Waals surface area contributed by atoms with E-state index in [0.29, 0.717) is 25.9 Å². The number of esters is 1. The van der Waals surface area contributed by atoms with E-state index in [0.717, 1.165) is 44.9 Å². The minimum atomic E-state index is -0.661. The van der Waals surface area contributed by atoms with Crippen LogP contribution in [0.5, 0.6) is 0 Å². The highest BCUT2D eigenvalue weighted by Crippen LogP contribution is 2.22. The van der Waals surface area contributed by atoms with Gasteiger partial charge in [-0.2, -0.15) is 0 Å². The summed E-state index contributed by atoms with van der Waals surface area (Å²) in [6, 6.07) is -0.538. The molecule has 6 heteroatoms. The second-order valence-electron chi connectivity index (χ2n) is 31.3. The fourth-order valence-corrected chi connectivity index (χ4v) is 14.8. The van der Waals surface area contributed by atoms with Crippen LogP contribution in [0.4, 0.5) is 0 Å². The maximum absolute atomic E-state index is 12.6. The van der Waals surface area contributed by atoms with Gasteiger partial charge in [-0.1, -0.05) is 475 Å². The molecular weight excluding hydrogens is 1170 g/mol. The summed E-state index contributed by atoms with van der Waals surface area (Å²) < 4.78 is 5.51. The number of ether oxygens (including phenoxy) is 1. The van der Waals surface area contributed by atoms with Gasteiger partial charge in [0.1, 0.15) is 0 Å². The van der Waals surface area contributed by atoms with Crippen LogP contribution in [0.15, 0.2) is 12.2 Å². The molecule has 2 unspecified atom stereocenters. The van der Waals surface area contributed by atoms with Gasteiger partial charge in [0.2, 0.25) is 5.91 Å². The van der Waals surface area contributed by atoms with Gasteiger partial charge in [-0.15, -0.1) is 0 Å². The van der Waals surface area contributed by atoms with Crippen molar-refractivity contribution < 1.29 is 24.5 Å². The van der Waals surface area contributed by atoms with E-state index in [1.165, 1.54) is 449 Å². The molecule has 96 heavy (non-hydrogen) atoms. The van der Waals surface area contributed by atoms with Crippen molar-refractivity contribution in [1.82, 2.24) is 5.32 Å². The summed E-state index contributed by atoms with van der Waals surface area (Å²) in [6.45, 7) is 5.01. The number of hydrogen-bond donors (Lipinski definition) is 3. The topological polar surface area (TPSA) is 95.9 Å². The van der Waals surface area contributed by atoms with Crippen LogP contribution in [0, 0.1) is 0 Å². The standard InChI is InChI=1S/C90H177NO5/c1-3-5-7-9-11-13-15-17-19-20-21-22-23-39-42-45-48-51-55-58-62-66-70-74-78-82-88(93)87(86-92)91-89(94)83-79-75-71-67-63-59-56-52-49-46-43-40-37-35-33-31-29-27-25-24-26-28-30-32-34-36-38-41-44-47-50-53-57-61-65-69-73-77-81-85-96-90(95)84-80-76-72-68-64-60-54-18-16-14-12-10-8-6-4-2/h18,54,87-88,92-93H,3-17,19-53,55-86H2,1-2H3,(H,91,94)/b54-18-. The minimum absolute atomic E-state index is 0.0175. The van der Waals surface area contributed by atoms with Crippen LogP contribution in [0.1, 0.15) is 528 Å². The average Bonchev–Trinajstić information content (AvgIpc) is 2.50. The predicted molar refractivity (Wildman–Crippen MR) is 426 cm³/mol. The lowest BCUT2D eigenvalue weighted by Gasteiger charge is -2.22. The molecular formula is C90H177NO5. The number of allylic oxidation sites excluding steroid dienone is 2. The Morgan fingerprint density at radius 2 is 0.490 bits per heavy atom. The van der Waals surface area contributed by atoms with E-state index in [1.54, 1.807) is 0 Å². The Morgan fingerprint density at radius 3 is 0.740 bits per heavy atom. The van der Waals surface area contributed by atoms with Gasteiger partial charge in [0, 0.05) is 12.8 Å². The van der Waals surface area contributed by atoms with Crippen molar-refractivity contribution in [3.8, 4) is 0 Å². The maximum atomic E-state index is 12.6. The second-order valence-corrected chi connectivity index (χ2v) is 31.3. The number of hydrogen-bond acceptors (Lipinski definition) is 5. The molecule has 0 saturated carbocycles. The number of nitrogens with one attached hydrogen (secondary N) is 1. The summed E-state index contributed by atoms with van der Waals surface area (Å²) in [6.07, 6.45) is 111. The number of aliphatic hydroxyl groups excluding tert-OH is 2. The second kappa shape index (κ2) is 86.0. The smallest absolute Gasteiger partial charge is 0.305 e. The van der Waals surface area contributed by atoms with Crippen molar-refractivity contribution in [2.24, 2.45) is 0 Å². The Hall–Kier alpha value is -1.40. The van der Waals surface area contributed by atoms with Crippen LogP contribution in [-0.4, -0.2) is 47.4 Å². The molecule has 0 aromatic rings. The fourth-order valence-electron chi connectivity index (χ4n) is 14.8. The summed E-state index contributed by atoms with van der Waals surface area (Å²) in [7, 11) is 0. The van der Waals surface area contributed by atoms with E-state index in [1.807, 2.05) is 0 Å². The van der Waals surface area contributed by atoms with Gasteiger partial charge in [-0.3, -0.25) is 9.59 Å². The van der Waals surface area contributed by atoms with Gasteiger partial charge in [0.25, 0.3) is 0 Å². The first-order valence-corrected chi connectivity index (χ1v) is 44.9. The molecule has 2 atom stereocenters. The number of amides is 1. The Bertz CT molecular complexity index is 1470. The quantitative estimate of drug-likeness (QED) is 0.0320. The van der Waals surface area contributed by atoms with Crippen molar-refractivity contribution in [1.29, 1.82) is 0 Å². The zero-order valence-corrected chi connectivity index (χ0v) is 65.9. The molecule has 0 aromatic heterocycles. The SMILES string of the molecule is CCCCCCCC/C=C\CCCCCCCC(=O)OCCCCCCCCCCCCCCCCCCCCCCCCCCCCCCCCCCCCCCCCCC(=O)NC(CO)C(O)CCCCCCCCCCCCCCCCCCCCCCCCCCC. The van der Waals surface area contributed by atoms with Gasteiger partial charge >= 0.3 is 5.97 Å². The highest BCUT2D eigenvalue weighted by Gasteiger charge is 2.20. The van der Waals surface area contributed by atoms with Gasteiger partial charge in [0.15, 0.2) is 0 Å². The van der Waals surface area contributed by atoms with Crippen molar-refractivity contribution >= 4 is 11.9 Å². The molecule has 0 radical (unpaired) electrons. The van der Waals surface area contributed by atoms with Gasteiger partial charge in [0.05, 0.1) is 25.4 Å². The normalized spacial score (nSPS) is 12.4. The molecule has 572 valence electrons.